The number of imidazole rings is 1. The summed E-state index contributed by atoms with van der Waals surface area (Å²) in [5.74, 6) is 0.579. The van der Waals surface area contributed by atoms with Crippen LogP contribution in [0.15, 0.2) is 29.2 Å². The number of aromatic nitrogens is 5. The van der Waals surface area contributed by atoms with Gasteiger partial charge in [-0.1, -0.05) is 31.6 Å². The van der Waals surface area contributed by atoms with E-state index in [-0.39, 0.29) is 5.69 Å². The number of halogens is 1. The molecule has 3 aromatic rings. The Morgan fingerprint density at radius 2 is 2.17 bits per heavy atom. The average molecular weight is 622 g/mol. The Kier molecular flexibility index (Phi) is 8.50. The lowest BCUT2D eigenvalue weighted by Gasteiger charge is -2.22. The number of nitrogens with zero attached hydrogens (tertiary/aromatic N) is 5. The van der Waals surface area contributed by atoms with Crippen LogP contribution in [0.3, 0.4) is 0 Å². The molecule has 1 aliphatic heterocycles. The SMILES string of the molecule is CCCCOc1nc(CNI)c2[nH]c(=O)n(Cc3cnc(C4=CCC(CN5CCCC5)C=C4)s3)c2n1. The minimum Gasteiger partial charge on any atom is -0.463 e. The zero-order chi connectivity index (χ0) is 24.9. The van der Waals surface area contributed by atoms with Crippen molar-refractivity contribution in [1.29, 1.82) is 0 Å². The van der Waals surface area contributed by atoms with E-state index in [0.29, 0.717) is 48.5 Å². The Bertz CT molecular complexity index is 1310. The maximum absolute atomic E-state index is 12.9. The highest BCUT2D eigenvalue weighted by Gasteiger charge is 2.20. The van der Waals surface area contributed by atoms with Crippen molar-refractivity contribution in [2.45, 2.75) is 52.1 Å². The monoisotopic (exact) mass is 621 g/mol. The van der Waals surface area contributed by atoms with E-state index in [1.54, 1.807) is 15.9 Å². The Hall–Kier alpha value is -2.09. The van der Waals surface area contributed by atoms with Gasteiger partial charge in [0.05, 0.1) is 18.8 Å². The van der Waals surface area contributed by atoms with Gasteiger partial charge in [-0.25, -0.2) is 9.78 Å². The van der Waals surface area contributed by atoms with E-state index < -0.39 is 0 Å². The molecule has 0 saturated carbocycles. The number of nitrogens with one attached hydrogen (secondary N) is 2. The van der Waals surface area contributed by atoms with Crippen molar-refractivity contribution in [1.82, 2.24) is 32.9 Å². The molecule has 1 unspecified atom stereocenters. The van der Waals surface area contributed by atoms with Crippen LogP contribution in [0.1, 0.15) is 54.6 Å². The first kappa shape index (κ1) is 25.6. The first-order valence-corrected chi connectivity index (χ1v) is 14.6. The fourth-order valence-electron chi connectivity index (χ4n) is 4.70. The molecule has 2 aliphatic rings. The zero-order valence-corrected chi connectivity index (χ0v) is 23.5. The number of ether oxygens (including phenoxy) is 1. The van der Waals surface area contributed by atoms with Gasteiger partial charge < -0.3 is 14.6 Å². The summed E-state index contributed by atoms with van der Waals surface area (Å²) in [6.07, 6.45) is 14.4. The van der Waals surface area contributed by atoms with Crippen molar-refractivity contribution in [2.75, 3.05) is 26.2 Å². The van der Waals surface area contributed by atoms with Gasteiger partial charge in [-0.2, -0.15) is 9.97 Å². The van der Waals surface area contributed by atoms with Gasteiger partial charge in [0, 0.05) is 52.6 Å². The van der Waals surface area contributed by atoms with Crippen LogP contribution in [0.25, 0.3) is 16.7 Å². The number of hydrogen-bond donors (Lipinski definition) is 2. The fourth-order valence-corrected chi connectivity index (χ4v) is 5.98. The highest BCUT2D eigenvalue weighted by molar-refractivity contribution is 14.1. The molecular weight excluding hydrogens is 589 g/mol. The van der Waals surface area contributed by atoms with Gasteiger partial charge in [-0.15, -0.1) is 11.3 Å². The Balaban J connectivity index is 1.33. The van der Waals surface area contributed by atoms with E-state index in [9.17, 15) is 4.79 Å². The van der Waals surface area contributed by atoms with Crippen molar-refractivity contribution in [2.24, 2.45) is 5.92 Å². The summed E-state index contributed by atoms with van der Waals surface area (Å²) in [5, 5.41) is 0.988. The maximum Gasteiger partial charge on any atom is 0.328 e. The number of aromatic amines is 1. The van der Waals surface area contributed by atoms with E-state index in [2.05, 4.69) is 76.4 Å². The number of fused-ring (bicyclic) bond motifs is 1. The molecule has 1 atom stereocenters. The number of H-pyrrole nitrogens is 1. The molecule has 0 aromatic carbocycles. The van der Waals surface area contributed by atoms with Gasteiger partial charge in [-0.05, 0) is 44.7 Å². The normalized spacial score (nSPS) is 18.3. The van der Waals surface area contributed by atoms with E-state index >= 15 is 0 Å². The van der Waals surface area contributed by atoms with Gasteiger partial charge in [0.15, 0.2) is 5.65 Å². The Labute approximate surface area is 228 Å². The molecule has 5 rings (SSSR count). The number of hydrogen-bond acceptors (Lipinski definition) is 8. The second-order valence-corrected chi connectivity index (χ2v) is 11.2. The van der Waals surface area contributed by atoms with Gasteiger partial charge in [0.2, 0.25) is 0 Å². The van der Waals surface area contributed by atoms with Crippen LogP contribution >= 0.6 is 34.2 Å². The van der Waals surface area contributed by atoms with Crippen molar-refractivity contribution >= 4 is 50.9 Å². The molecule has 4 heterocycles. The molecule has 9 nitrogen and oxygen atoms in total. The molecule has 192 valence electrons. The lowest BCUT2D eigenvalue weighted by atomic mass is 9.96. The van der Waals surface area contributed by atoms with E-state index in [4.69, 9.17) is 4.74 Å². The first-order chi connectivity index (χ1) is 17.6. The smallest absolute Gasteiger partial charge is 0.328 e. The largest absolute Gasteiger partial charge is 0.463 e. The molecule has 1 fully saturated rings. The summed E-state index contributed by atoms with van der Waals surface area (Å²) in [4.78, 5) is 33.2. The lowest BCUT2D eigenvalue weighted by Crippen LogP contribution is -2.26. The standard InChI is InChI=1S/C25H32IN7O2S/c1-2-3-12-35-24-29-20(14-28-26)21-22(31-24)33(25(34)30-21)16-19-13-27-23(36-19)18-8-6-17(7-9-18)15-32-10-4-5-11-32/h6,8-9,13,17,28H,2-5,7,10-12,14-16H2,1H3,(H,30,34). The minimum absolute atomic E-state index is 0.212. The summed E-state index contributed by atoms with van der Waals surface area (Å²) in [5.41, 5.74) is 2.86. The lowest BCUT2D eigenvalue weighted by molar-refractivity contribution is 0.285. The topological polar surface area (TPSA) is 101 Å². The fraction of sp³-hybridized carbons (Fsp3) is 0.520. The molecule has 0 amide bonds. The quantitative estimate of drug-likeness (QED) is 0.187. The predicted octanol–water partition coefficient (Wildman–Crippen LogP) is 4.30. The molecule has 36 heavy (non-hydrogen) atoms. The number of thiazole rings is 1. The van der Waals surface area contributed by atoms with E-state index in [1.807, 2.05) is 6.20 Å². The van der Waals surface area contributed by atoms with Crippen molar-refractivity contribution in [3.05, 3.63) is 50.5 Å². The molecule has 0 spiro atoms. The molecule has 2 N–H and O–H groups in total. The third kappa shape index (κ3) is 5.90. The van der Waals surface area contributed by atoms with Crippen LogP contribution in [0.5, 0.6) is 6.01 Å². The second kappa shape index (κ2) is 12.0. The predicted molar refractivity (Wildman–Crippen MR) is 152 cm³/mol. The number of likely N-dealkylation sites (tertiary alicyclic amines) is 1. The van der Waals surface area contributed by atoms with Gasteiger partial charge in [0.1, 0.15) is 10.5 Å². The van der Waals surface area contributed by atoms with Gasteiger partial charge in [-0.3, -0.25) is 8.10 Å². The third-order valence-electron chi connectivity index (χ3n) is 6.63. The molecule has 11 heteroatoms. The van der Waals surface area contributed by atoms with Crippen molar-refractivity contribution in [3.8, 4) is 6.01 Å². The maximum atomic E-state index is 12.9. The van der Waals surface area contributed by atoms with E-state index in [0.717, 1.165) is 35.7 Å². The number of unbranched alkanes of at least 4 members (excludes halogenated alkanes) is 1. The van der Waals surface area contributed by atoms with Crippen LogP contribution in [-0.2, 0) is 13.1 Å². The Morgan fingerprint density at radius 3 is 2.92 bits per heavy atom. The highest BCUT2D eigenvalue weighted by Crippen LogP contribution is 2.29. The van der Waals surface area contributed by atoms with E-state index in [1.165, 1.54) is 31.5 Å². The van der Waals surface area contributed by atoms with Crippen LogP contribution in [0, 0.1) is 5.92 Å². The third-order valence-corrected chi connectivity index (χ3v) is 8.05. The Morgan fingerprint density at radius 1 is 1.31 bits per heavy atom. The molecule has 0 radical (unpaired) electrons. The van der Waals surface area contributed by atoms with Crippen molar-refractivity contribution < 1.29 is 4.74 Å². The van der Waals surface area contributed by atoms with Gasteiger partial charge >= 0.3 is 11.7 Å². The molecule has 0 bridgehead atoms. The summed E-state index contributed by atoms with van der Waals surface area (Å²) in [7, 11) is 0. The molecular formula is C25H32IN7O2S. The summed E-state index contributed by atoms with van der Waals surface area (Å²) in [6.45, 7) is 7.16. The molecule has 1 aliphatic carbocycles. The minimum atomic E-state index is -0.212. The summed E-state index contributed by atoms with van der Waals surface area (Å²) < 4.78 is 10.5. The molecule has 1 saturated heterocycles. The highest BCUT2D eigenvalue weighted by atomic mass is 127. The van der Waals surface area contributed by atoms with Crippen LogP contribution in [-0.4, -0.2) is 55.6 Å². The number of rotatable bonds is 11. The average Bonchev–Trinajstić information content (AvgIpc) is 3.63. The van der Waals surface area contributed by atoms with Crippen LogP contribution in [0.2, 0.25) is 0 Å². The summed E-state index contributed by atoms with van der Waals surface area (Å²) >= 11 is 3.69. The molecule has 3 aromatic heterocycles. The van der Waals surface area contributed by atoms with Crippen molar-refractivity contribution in [3.63, 3.8) is 0 Å². The van der Waals surface area contributed by atoms with Crippen LogP contribution in [0.4, 0.5) is 0 Å². The van der Waals surface area contributed by atoms with Gasteiger partial charge in [0.25, 0.3) is 0 Å². The first-order valence-electron chi connectivity index (χ1n) is 12.7. The second-order valence-electron chi connectivity index (χ2n) is 9.33. The zero-order valence-electron chi connectivity index (χ0n) is 20.5. The number of allylic oxidation sites excluding steroid dienone is 3. The summed E-state index contributed by atoms with van der Waals surface area (Å²) in [6, 6.07) is 0.302. The van der Waals surface area contributed by atoms with Crippen LogP contribution < -0.4 is 14.0 Å².